The number of aliphatic hydroxyl groups excluding tert-OH is 1. The number of amides is 1. The van der Waals surface area contributed by atoms with E-state index in [1.165, 1.54) is 10.6 Å². The molecule has 226 valence electrons. The molecule has 1 aromatic heterocycles. The summed E-state index contributed by atoms with van der Waals surface area (Å²) in [6.07, 6.45) is 4.45. The van der Waals surface area contributed by atoms with Crippen molar-refractivity contribution in [3.8, 4) is 5.75 Å². The molecule has 1 aliphatic heterocycles. The summed E-state index contributed by atoms with van der Waals surface area (Å²) < 4.78 is 39.9. The molecule has 1 saturated carbocycles. The van der Waals surface area contributed by atoms with Crippen LogP contribution in [-0.2, 0) is 29.7 Å². The quantitative estimate of drug-likeness (QED) is 0.355. The van der Waals surface area contributed by atoms with Crippen LogP contribution in [0, 0.1) is 13.8 Å². The van der Waals surface area contributed by atoms with Crippen molar-refractivity contribution in [2.45, 2.75) is 76.2 Å². The molecular formula is C31H40N4O6S. The van der Waals surface area contributed by atoms with Gasteiger partial charge in [-0.2, -0.15) is 4.31 Å². The molecule has 2 aromatic carbocycles. The van der Waals surface area contributed by atoms with Crippen molar-refractivity contribution < 1.29 is 27.5 Å². The van der Waals surface area contributed by atoms with E-state index in [0.717, 1.165) is 49.9 Å². The summed E-state index contributed by atoms with van der Waals surface area (Å²) in [6.45, 7) is 6.34. The van der Waals surface area contributed by atoms with Gasteiger partial charge in [0.1, 0.15) is 12.0 Å². The van der Waals surface area contributed by atoms with Crippen LogP contribution in [-0.4, -0.2) is 77.9 Å². The Labute approximate surface area is 247 Å². The molecular weight excluding hydrogens is 556 g/mol. The highest BCUT2D eigenvalue weighted by molar-refractivity contribution is 7.89. The van der Waals surface area contributed by atoms with Crippen molar-refractivity contribution in [3.05, 3.63) is 76.5 Å². The van der Waals surface area contributed by atoms with Crippen LogP contribution in [0.15, 0.2) is 52.0 Å². The molecule has 1 unspecified atom stereocenters. The first-order valence-corrected chi connectivity index (χ1v) is 15.8. The largest absolute Gasteiger partial charge is 0.497 e. The summed E-state index contributed by atoms with van der Waals surface area (Å²) in [5.41, 5.74) is 3.51. The fourth-order valence-corrected chi connectivity index (χ4v) is 7.71. The van der Waals surface area contributed by atoms with Crippen LogP contribution in [0.4, 0.5) is 0 Å². The highest BCUT2D eigenvalue weighted by Crippen LogP contribution is 2.36. The number of sulfonamides is 1. The number of aryl methyl sites for hydroxylation is 2. The molecule has 1 atom stereocenters. The van der Waals surface area contributed by atoms with Crippen molar-refractivity contribution in [3.63, 3.8) is 0 Å². The Morgan fingerprint density at radius 1 is 1.10 bits per heavy atom. The number of aromatic nitrogens is 1. The Balaban J connectivity index is 1.23. The number of methoxy groups -OCH3 is 1. The third-order valence-electron chi connectivity index (χ3n) is 7.93. The van der Waals surface area contributed by atoms with Gasteiger partial charge >= 0.3 is 0 Å². The number of ether oxygens (including phenoxy) is 1. The number of nitrogens with zero attached hydrogens (tertiary/aromatic N) is 4. The fraction of sp³-hybridized carbons (Fsp3) is 0.484. The zero-order valence-electron chi connectivity index (χ0n) is 24.7. The number of β-amino-alcohol motifs (C(OH)–C–C–N with tert-alkyl or cyclic N) is 1. The van der Waals surface area contributed by atoms with Crippen LogP contribution in [0.1, 0.15) is 64.3 Å². The summed E-state index contributed by atoms with van der Waals surface area (Å²) >= 11 is 0. The minimum absolute atomic E-state index is 0.0512. The van der Waals surface area contributed by atoms with Crippen LogP contribution in [0.2, 0.25) is 0 Å². The molecule has 3 aromatic rings. The first kappa shape index (κ1) is 30.2. The van der Waals surface area contributed by atoms with Crippen LogP contribution in [0.5, 0.6) is 5.75 Å². The molecule has 11 heteroatoms. The highest BCUT2D eigenvalue weighted by Gasteiger charge is 2.40. The van der Waals surface area contributed by atoms with Crippen molar-refractivity contribution >= 4 is 15.9 Å². The number of likely N-dealkylation sites (tertiary alicyclic amines) is 1. The van der Waals surface area contributed by atoms with Crippen LogP contribution >= 0.6 is 0 Å². The van der Waals surface area contributed by atoms with Gasteiger partial charge in [-0.25, -0.2) is 13.4 Å². The predicted octanol–water partition coefficient (Wildman–Crippen LogP) is 3.88. The molecule has 0 radical (unpaired) electrons. The molecule has 1 N–H and O–H groups in total. The van der Waals surface area contributed by atoms with Crippen LogP contribution in [0.25, 0.3) is 0 Å². The average molecular weight is 597 g/mol. The van der Waals surface area contributed by atoms with E-state index in [1.54, 1.807) is 45.0 Å². The second-order valence-corrected chi connectivity index (χ2v) is 13.3. The summed E-state index contributed by atoms with van der Waals surface area (Å²) in [6, 6.07) is 11.4. The SMILES string of the molecule is COc1cc(C)c(S(=O)(=O)N(Cc2nc(C(=O)N(C)Cc3ccc(CN4CCCC(O)C4)cc3)co2)C2CC2)c(C)c1. The van der Waals surface area contributed by atoms with Gasteiger partial charge in [0.05, 0.1) is 24.7 Å². The van der Waals surface area contributed by atoms with Gasteiger partial charge in [-0.3, -0.25) is 9.69 Å². The van der Waals surface area contributed by atoms with Crippen LogP contribution in [0.3, 0.4) is 0 Å². The van der Waals surface area contributed by atoms with E-state index in [2.05, 4.69) is 22.0 Å². The van der Waals surface area contributed by atoms with E-state index >= 15 is 0 Å². The Kier molecular flexibility index (Phi) is 9.03. The Morgan fingerprint density at radius 2 is 1.76 bits per heavy atom. The number of benzene rings is 2. The lowest BCUT2D eigenvalue weighted by molar-refractivity contribution is 0.0668. The monoisotopic (exact) mass is 596 g/mol. The second-order valence-electron chi connectivity index (χ2n) is 11.5. The van der Waals surface area contributed by atoms with Gasteiger partial charge in [-0.05, 0) is 80.5 Å². The first-order valence-electron chi connectivity index (χ1n) is 14.4. The van der Waals surface area contributed by atoms with Gasteiger partial charge in [0.25, 0.3) is 5.91 Å². The number of carbonyl (C=O) groups is 1. The van der Waals surface area contributed by atoms with E-state index in [9.17, 15) is 18.3 Å². The highest BCUT2D eigenvalue weighted by atomic mass is 32.2. The lowest BCUT2D eigenvalue weighted by atomic mass is 10.1. The number of hydrogen-bond donors (Lipinski definition) is 1. The first-order chi connectivity index (χ1) is 20.0. The maximum absolute atomic E-state index is 13.8. The second kappa shape index (κ2) is 12.5. The summed E-state index contributed by atoms with van der Waals surface area (Å²) in [7, 11) is -0.581. The maximum Gasteiger partial charge on any atom is 0.275 e. The molecule has 5 rings (SSSR count). The minimum atomic E-state index is -3.84. The summed E-state index contributed by atoms with van der Waals surface area (Å²) in [5, 5.41) is 9.91. The number of oxazole rings is 1. The predicted molar refractivity (Wildman–Crippen MR) is 157 cm³/mol. The van der Waals surface area contributed by atoms with E-state index in [-0.39, 0.29) is 41.1 Å². The third kappa shape index (κ3) is 6.86. The Morgan fingerprint density at radius 3 is 2.38 bits per heavy atom. The lowest BCUT2D eigenvalue weighted by Crippen LogP contribution is -2.37. The minimum Gasteiger partial charge on any atom is -0.497 e. The van der Waals surface area contributed by atoms with Gasteiger partial charge in [-0.1, -0.05) is 24.3 Å². The van der Waals surface area contributed by atoms with E-state index in [1.807, 2.05) is 12.1 Å². The molecule has 2 heterocycles. The Hall–Kier alpha value is -3.25. The van der Waals surface area contributed by atoms with Crippen molar-refractivity contribution in [2.75, 3.05) is 27.2 Å². The molecule has 2 aliphatic rings. The normalized spacial score (nSPS) is 17.9. The fourth-order valence-electron chi connectivity index (χ4n) is 5.66. The van der Waals surface area contributed by atoms with Gasteiger partial charge < -0.3 is 19.2 Å². The van der Waals surface area contributed by atoms with E-state index in [4.69, 9.17) is 9.15 Å². The molecule has 2 fully saturated rings. The third-order valence-corrected chi connectivity index (χ3v) is 10.1. The topological polar surface area (TPSA) is 116 Å². The van der Waals surface area contributed by atoms with Gasteiger partial charge in [0.15, 0.2) is 5.69 Å². The summed E-state index contributed by atoms with van der Waals surface area (Å²) in [4.78, 5) is 21.6. The van der Waals surface area contributed by atoms with Crippen LogP contribution < -0.4 is 4.74 Å². The Bertz CT molecular complexity index is 1490. The molecule has 1 saturated heterocycles. The number of piperidine rings is 1. The van der Waals surface area contributed by atoms with Gasteiger partial charge in [-0.15, -0.1) is 0 Å². The number of rotatable bonds is 11. The van der Waals surface area contributed by atoms with E-state index < -0.39 is 10.0 Å². The standard InChI is InChI=1S/C31H40N4O6S/c1-21-14-27(40-4)15-22(2)30(21)42(38,39)35(25-11-12-25)19-29-32-28(20-41-29)31(37)33(3)16-23-7-9-24(10-8-23)17-34-13-5-6-26(36)18-34/h7-10,14-15,20,25-26,36H,5-6,11-13,16-19H2,1-4H3. The number of carbonyl (C=O) groups excluding carboxylic acids is 1. The molecule has 42 heavy (non-hydrogen) atoms. The summed E-state index contributed by atoms with van der Waals surface area (Å²) in [5.74, 6) is 0.480. The van der Waals surface area contributed by atoms with Gasteiger partial charge in [0, 0.05) is 32.7 Å². The lowest BCUT2D eigenvalue weighted by Gasteiger charge is -2.30. The van der Waals surface area contributed by atoms with E-state index in [0.29, 0.717) is 30.0 Å². The van der Waals surface area contributed by atoms with Crippen molar-refractivity contribution in [2.24, 2.45) is 0 Å². The van der Waals surface area contributed by atoms with Gasteiger partial charge in [0.2, 0.25) is 15.9 Å². The maximum atomic E-state index is 13.8. The molecule has 1 amide bonds. The molecule has 0 spiro atoms. The molecule has 10 nitrogen and oxygen atoms in total. The molecule has 1 aliphatic carbocycles. The number of aliphatic hydroxyl groups is 1. The average Bonchev–Trinajstić information content (AvgIpc) is 3.68. The zero-order valence-corrected chi connectivity index (χ0v) is 25.6. The van der Waals surface area contributed by atoms with Crippen molar-refractivity contribution in [1.29, 1.82) is 0 Å². The smallest absolute Gasteiger partial charge is 0.275 e. The van der Waals surface area contributed by atoms with Crippen molar-refractivity contribution in [1.82, 2.24) is 19.1 Å². The zero-order chi connectivity index (χ0) is 30.0. The number of hydrogen-bond acceptors (Lipinski definition) is 8. The molecule has 0 bridgehead atoms.